The number of thioether (sulfide) groups is 1. The summed E-state index contributed by atoms with van der Waals surface area (Å²) in [4.78, 5) is 16.3. The van der Waals surface area contributed by atoms with Crippen LogP contribution in [0.3, 0.4) is 0 Å². The molecule has 0 fully saturated rings. The van der Waals surface area contributed by atoms with E-state index in [-0.39, 0.29) is 11.2 Å². The third-order valence-electron chi connectivity index (χ3n) is 2.69. The van der Waals surface area contributed by atoms with Crippen molar-refractivity contribution < 1.29 is 4.79 Å². The zero-order chi connectivity index (χ0) is 14.5. The van der Waals surface area contributed by atoms with Gasteiger partial charge in [-0.2, -0.15) is 5.26 Å². The first-order chi connectivity index (χ1) is 9.60. The first-order valence-electron chi connectivity index (χ1n) is 6.05. The molecule has 2 rings (SSSR count). The molecule has 102 valence electrons. The van der Waals surface area contributed by atoms with Gasteiger partial charge in [0.1, 0.15) is 0 Å². The SMILES string of the molecule is C[C@H](Sc1nccn1C)C(=O)Nc1cccc(C#N)c1. The number of carbonyl (C=O) groups is 1. The molecule has 2 aromatic rings. The van der Waals surface area contributed by atoms with Gasteiger partial charge < -0.3 is 9.88 Å². The summed E-state index contributed by atoms with van der Waals surface area (Å²) >= 11 is 1.39. The molecule has 0 radical (unpaired) electrons. The van der Waals surface area contributed by atoms with Crippen molar-refractivity contribution in [2.45, 2.75) is 17.3 Å². The number of nitrogens with zero attached hydrogens (tertiary/aromatic N) is 3. The van der Waals surface area contributed by atoms with Crippen molar-refractivity contribution in [3.05, 3.63) is 42.2 Å². The van der Waals surface area contributed by atoms with Crippen molar-refractivity contribution in [2.75, 3.05) is 5.32 Å². The fourth-order valence-electron chi connectivity index (χ4n) is 1.59. The number of carbonyl (C=O) groups excluding carboxylic acids is 1. The maximum atomic E-state index is 12.1. The molecule has 0 spiro atoms. The summed E-state index contributed by atoms with van der Waals surface area (Å²) in [5, 5.41) is 12.1. The Bertz CT molecular complexity index is 659. The van der Waals surface area contributed by atoms with E-state index in [1.807, 2.05) is 30.8 Å². The van der Waals surface area contributed by atoms with Crippen LogP contribution in [-0.2, 0) is 11.8 Å². The van der Waals surface area contributed by atoms with Crippen LogP contribution in [0.25, 0.3) is 0 Å². The number of hydrogen-bond acceptors (Lipinski definition) is 4. The Kier molecular flexibility index (Phi) is 4.43. The second kappa shape index (κ2) is 6.26. The molecule has 0 saturated heterocycles. The highest BCUT2D eigenvalue weighted by atomic mass is 32.2. The molecule has 0 aliphatic heterocycles. The molecule has 1 heterocycles. The molecule has 1 N–H and O–H groups in total. The molecule has 5 nitrogen and oxygen atoms in total. The minimum Gasteiger partial charge on any atom is -0.329 e. The number of nitrogens with one attached hydrogen (secondary N) is 1. The normalized spacial score (nSPS) is 11.7. The Morgan fingerprint density at radius 2 is 2.35 bits per heavy atom. The largest absolute Gasteiger partial charge is 0.329 e. The van der Waals surface area contributed by atoms with E-state index in [4.69, 9.17) is 5.26 Å². The summed E-state index contributed by atoms with van der Waals surface area (Å²) in [6, 6.07) is 8.89. The Hall–Kier alpha value is -2.26. The molecule has 1 aromatic heterocycles. The van der Waals surface area contributed by atoms with Crippen LogP contribution in [0.2, 0.25) is 0 Å². The minimum atomic E-state index is -0.276. The Labute approximate surface area is 121 Å². The van der Waals surface area contributed by atoms with Crippen LogP contribution in [0.1, 0.15) is 12.5 Å². The summed E-state index contributed by atoms with van der Waals surface area (Å²) in [6.45, 7) is 1.82. The summed E-state index contributed by atoms with van der Waals surface area (Å²) < 4.78 is 1.87. The molecule has 0 saturated carbocycles. The van der Waals surface area contributed by atoms with Crippen LogP contribution in [0.15, 0.2) is 41.8 Å². The van der Waals surface area contributed by atoms with E-state index in [2.05, 4.69) is 10.3 Å². The van der Waals surface area contributed by atoms with Crippen molar-refractivity contribution >= 4 is 23.4 Å². The van der Waals surface area contributed by atoms with Gasteiger partial charge in [-0.3, -0.25) is 4.79 Å². The first kappa shape index (κ1) is 14.2. The van der Waals surface area contributed by atoms with Crippen LogP contribution in [-0.4, -0.2) is 20.7 Å². The number of benzene rings is 1. The summed E-state index contributed by atoms with van der Waals surface area (Å²) in [5.41, 5.74) is 1.15. The highest BCUT2D eigenvalue weighted by molar-refractivity contribution is 8.00. The maximum Gasteiger partial charge on any atom is 0.237 e. The number of amides is 1. The molecule has 1 aromatic carbocycles. The molecule has 20 heavy (non-hydrogen) atoms. The minimum absolute atomic E-state index is 0.118. The first-order valence-corrected chi connectivity index (χ1v) is 6.93. The molecular weight excluding hydrogens is 272 g/mol. The number of aromatic nitrogens is 2. The number of rotatable bonds is 4. The number of anilines is 1. The quantitative estimate of drug-likeness (QED) is 0.876. The average Bonchev–Trinajstić information content (AvgIpc) is 2.84. The molecule has 6 heteroatoms. The highest BCUT2D eigenvalue weighted by Crippen LogP contribution is 2.22. The van der Waals surface area contributed by atoms with Gasteiger partial charge in [0.15, 0.2) is 5.16 Å². The van der Waals surface area contributed by atoms with Crippen molar-refractivity contribution in [1.82, 2.24) is 9.55 Å². The van der Waals surface area contributed by atoms with Gasteiger partial charge in [-0.05, 0) is 25.1 Å². The van der Waals surface area contributed by atoms with Crippen LogP contribution in [0.5, 0.6) is 0 Å². The summed E-state index contributed by atoms with van der Waals surface area (Å²) in [6.07, 6.45) is 3.53. The predicted octanol–water partition coefficient (Wildman–Crippen LogP) is 2.41. The molecular formula is C14H14N4OS. The van der Waals surface area contributed by atoms with E-state index >= 15 is 0 Å². The van der Waals surface area contributed by atoms with Gasteiger partial charge in [-0.25, -0.2) is 4.98 Å². The van der Waals surface area contributed by atoms with Crippen LogP contribution in [0, 0.1) is 11.3 Å². The van der Waals surface area contributed by atoms with E-state index < -0.39 is 0 Å². The third-order valence-corrected chi connectivity index (χ3v) is 3.86. The summed E-state index contributed by atoms with van der Waals surface area (Å²) in [7, 11) is 1.89. The van der Waals surface area contributed by atoms with Gasteiger partial charge in [0, 0.05) is 25.1 Å². The second-order valence-corrected chi connectivity index (χ2v) is 5.57. The van der Waals surface area contributed by atoms with Gasteiger partial charge in [0.25, 0.3) is 0 Å². The van der Waals surface area contributed by atoms with Crippen LogP contribution < -0.4 is 5.32 Å². The van der Waals surface area contributed by atoms with Gasteiger partial charge in [0.05, 0.1) is 16.9 Å². The van der Waals surface area contributed by atoms with Gasteiger partial charge in [-0.15, -0.1) is 0 Å². The zero-order valence-electron chi connectivity index (χ0n) is 11.2. The smallest absolute Gasteiger partial charge is 0.237 e. The monoisotopic (exact) mass is 286 g/mol. The van der Waals surface area contributed by atoms with Crippen molar-refractivity contribution in [3.63, 3.8) is 0 Å². The number of imidazole rings is 1. The zero-order valence-corrected chi connectivity index (χ0v) is 12.0. The third kappa shape index (κ3) is 3.39. The van der Waals surface area contributed by atoms with E-state index in [0.29, 0.717) is 11.3 Å². The van der Waals surface area contributed by atoms with Gasteiger partial charge in [-0.1, -0.05) is 17.8 Å². The van der Waals surface area contributed by atoms with Gasteiger partial charge >= 0.3 is 0 Å². The van der Waals surface area contributed by atoms with Crippen LogP contribution >= 0.6 is 11.8 Å². The summed E-state index contributed by atoms with van der Waals surface area (Å²) in [5.74, 6) is -0.118. The number of aryl methyl sites for hydroxylation is 1. The number of hydrogen-bond donors (Lipinski definition) is 1. The highest BCUT2D eigenvalue weighted by Gasteiger charge is 2.16. The van der Waals surface area contributed by atoms with Crippen molar-refractivity contribution in [1.29, 1.82) is 5.26 Å². The Morgan fingerprint density at radius 1 is 1.55 bits per heavy atom. The van der Waals surface area contributed by atoms with E-state index in [1.54, 1.807) is 30.5 Å². The Morgan fingerprint density at radius 3 is 3.00 bits per heavy atom. The van der Waals surface area contributed by atoms with Crippen LogP contribution in [0.4, 0.5) is 5.69 Å². The standard InChI is InChI=1S/C14H14N4OS/c1-10(20-14-16-6-7-18(14)2)13(19)17-12-5-3-4-11(8-12)9-15/h3-8,10H,1-2H3,(H,17,19)/t10-/m0/s1. The lowest BCUT2D eigenvalue weighted by Gasteiger charge is -2.11. The average molecular weight is 286 g/mol. The van der Waals surface area contributed by atoms with Gasteiger partial charge in [0.2, 0.25) is 5.91 Å². The molecule has 1 amide bonds. The second-order valence-electron chi connectivity index (χ2n) is 4.26. The molecule has 0 aliphatic carbocycles. The molecule has 0 unspecified atom stereocenters. The van der Waals surface area contributed by atoms with Crippen molar-refractivity contribution in [2.24, 2.45) is 7.05 Å². The lowest BCUT2D eigenvalue weighted by Crippen LogP contribution is -2.22. The molecule has 0 aliphatic rings. The Balaban J connectivity index is 2.01. The fourth-order valence-corrected chi connectivity index (χ4v) is 2.42. The van der Waals surface area contributed by atoms with E-state index in [9.17, 15) is 4.79 Å². The molecule has 0 bridgehead atoms. The molecule has 1 atom stereocenters. The fraction of sp³-hybridized carbons (Fsp3) is 0.214. The van der Waals surface area contributed by atoms with Crippen molar-refractivity contribution in [3.8, 4) is 6.07 Å². The number of nitriles is 1. The predicted molar refractivity (Wildman–Crippen MR) is 78.3 cm³/mol. The van der Waals surface area contributed by atoms with E-state index in [0.717, 1.165) is 5.16 Å². The van der Waals surface area contributed by atoms with E-state index in [1.165, 1.54) is 11.8 Å². The maximum absolute atomic E-state index is 12.1. The lowest BCUT2D eigenvalue weighted by atomic mass is 10.2. The topological polar surface area (TPSA) is 70.7 Å². The lowest BCUT2D eigenvalue weighted by molar-refractivity contribution is -0.115.